The van der Waals surface area contributed by atoms with E-state index in [0.717, 1.165) is 4.90 Å². The minimum atomic E-state index is -2.25. The molecule has 2 aromatic carbocycles. The quantitative estimate of drug-likeness (QED) is 0.444. The van der Waals surface area contributed by atoms with Gasteiger partial charge in [0.2, 0.25) is 11.7 Å². The number of methoxy groups -OCH3 is 2. The summed E-state index contributed by atoms with van der Waals surface area (Å²) in [5.41, 5.74) is 0.0558. The number of halogens is 5. The number of hydrogen-bond donors (Lipinski definition) is 0. The first-order valence-corrected chi connectivity index (χ1v) is 8.01. The van der Waals surface area contributed by atoms with Crippen molar-refractivity contribution in [3.63, 3.8) is 0 Å². The molecule has 0 spiro atoms. The van der Waals surface area contributed by atoms with Crippen molar-refractivity contribution in [2.45, 2.75) is 13.0 Å². The molecule has 1 aliphatic rings. The lowest BCUT2D eigenvalue weighted by atomic mass is 10.0. The fraction of sp³-hybridized carbons (Fsp3) is 0.211. The standard InChI is InChI=1S/C19H14F5NO3/c1-27-12-5-9-3-4-25(14(26)7-10(9)6-13(12)28-2)8-11-15(20)17(22)19(24)18(23)16(11)21/h3-6H,7-8H2,1-2H3. The van der Waals surface area contributed by atoms with E-state index in [0.29, 0.717) is 22.6 Å². The molecular formula is C19H14F5NO3. The van der Waals surface area contributed by atoms with Crippen LogP contribution in [0.15, 0.2) is 18.3 Å². The number of carbonyl (C=O) groups is 1. The van der Waals surface area contributed by atoms with Crippen molar-refractivity contribution in [1.82, 2.24) is 4.90 Å². The molecular weight excluding hydrogens is 385 g/mol. The lowest BCUT2D eigenvalue weighted by Crippen LogP contribution is -2.27. The van der Waals surface area contributed by atoms with E-state index in [1.165, 1.54) is 26.5 Å². The van der Waals surface area contributed by atoms with Crippen LogP contribution in [0.4, 0.5) is 22.0 Å². The number of nitrogens with zero attached hydrogens (tertiary/aromatic N) is 1. The highest BCUT2D eigenvalue weighted by Gasteiger charge is 2.28. The normalized spacial score (nSPS) is 13.4. The van der Waals surface area contributed by atoms with E-state index in [4.69, 9.17) is 9.47 Å². The molecule has 148 valence electrons. The molecule has 28 heavy (non-hydrogen) atoms. The summed E-state index contributed by atoms with van der Waals surface area (Å²) < 4.78 is 78.2. The molecule has 0 unspecified atom stereocenters. The van der Waals surface area contributed by atoms with Gasteiger partial charge in [-0.2, -0.15) is 0 Å². The largest absolute Gasteiger partial charge is 0.493 e. The summed E-state index contributed by atoms with van der Waals surface area (Å²) in [6.07, 6.45) is 2.53. The molecule has 0 N–H and O–H groups in total. The molecule has 1 amide bonds. The maximum Gasteiger partial charge on any atom is 0.231 e. The Balaban J connectivity index is 1.98. The van der Waals surface area contributed by atoms with Gasteiger partial charge in [-0.25, -0.2) is 22.0 Å². The summed E-state index contributed by atoms with van der Waals surface area (Å²) in [5.74, 6) is -10.1. The Morgan fingerprint density at radius 1 is 0.893 bits per heavy atom. The van der Waals surface area contributed by atoms with Gasteiger partial charge in [0.25, 0.3) is 0 Å². The van der Waals surface area contributed by atoms with Gasteiger partial charge < -0.3 is 14.4 Å². The molecule has 1 heterocycles. The van der Waals surface area contributed by atoms with Crippen LogP contribution in [0.5, 0.6) is 11.5 Å². The van der Waals surface area contributed by atoms with E-state index in [9.17, 15) is 26.7 Å². The van der Waals surface area contributed by atoms with Gasteiger partial charge in [-0.15, -0.1) is 0 Å². The molecule has 9 heteroatoms. The van der Waals surface area contributed by atoms with Crippen LogP contribution in [-0.4, -0.2) is 25.0 Å². The van der Waals surface area contributed by atoms with Gasteiger partial charge in [-0.1, -0.05) is 0 Å². The summed E-state index contributed by atoms with van der Waals surface area (Å²) in [6.45, 7) is -0.816. The Morgan fingerprint density at radius 3 is 2.00 bits per heavy atom. The Morgan fingerprint density at radius 2 is 1.43 bits per heavy atom. The van der Waals surface area contributed by atoms with Crippen molar-refractivity contribution < 1.29 is 36.2 Å². The molecule has 4 nitrogen and oxygen atoms in total. The molecule has 0 radical (unpaired) electrons. The van der Waals surface area contributed by atoms with E-state index in [-0.39, 0.29) is 6.42 Å². The summed E-state index contributed by atoms with van der Waals surface area (Å²) >= 11 is 0. The third-order valence-electron chi connectivity index (χ3n) is 4.37. The maximum atomic E-state index is 13.9. The van der Waals surface area contributed by atoms with E-state index < -0.39 is 47.1 Å². The first kappa shape index (κ1) is 19.7. The first-order valence-electron chi connectivity index (χ1n) is 8.01. The van der Waals surface area contributed by atoms with Gasteiger partial charge >= 0.3 is 0 Å². The average Bonchev–Trinajstić information content (AvgIpc) is 2.84. The first-order chi connectivity index (χ1) is 13.3. The molecule has 3 rings (SSSR count). The number of rotatable bonds is 4. The molecule has 0 fully saturated rings. The van der Waals surface area contributed by atoms with Gasteiger partial charge in [0.15, 0.2) is 34.8 Å². The fourth-order valence-corrected chi connectivity index (χ4v) is 2.86. The van der Waals surface area contributed by atoms with Crippen molar-refractivity contribution in [3.05, 3.63) is 64.1 Å². The number of fused-ring (bicyclic) bond motifs is 1. The van der Waals surface area contributed by atoms with Gasteiger partial charge in [0, 0.05) is 11.8 Å². The van der Waals surface area contributed by atoms with Crippen molar-refractivity contribution in [3.8, 4) is 11.5 Å². The van der Waals surface area contributed by atoms with Crippen LogP contribution in [0.1, 0.15) is 16.7 Å². The average molecular weight is 399 g/mol. The summed E-state index contributed by atoms with van der Waals surface area (Å²) in [4.78, 5) is 13.4. The topological polar surface area (TPSA) is 38.8 Å². The molecule has 1 aliphatic heterocycles. The Bertz CT molecular complexity index is 961. The highest BCUT2D eigenvalue weighted by molar-refractivity contribution is 5.84. The van der Waals surface area contributed by atoms with Crippen LogP contribution in [0.3, 0.4) is 0 Å². The number of benzene rings is 2. The van der Waals surface area contributed by atoms with Gasteiger partial charge in [-0.3, -0.25) is 4.79 Å². The van der Waals surface area contributed by atoms with Crippen LogP contribution < -0.4 is 9.47 Å². The van der Waals surface area contributed by atoms with Crippen LogP contribution in [0.2, 0.25) is 0 Å². The Hall–Kier alpha value is -3.10. The second-order valence-corrected chi connectivity index (χ2v) is 5.97. The van der Waals surface area contributed by atoms with E-state index in [1.807, 2.05) is 0 Å². The highest BCUT2D eigenvalue weighted by Crippen LogP contribution is 2.33. The molecule has 0 aromatic heterocycles. The zero-order chi connectivity index (χ0) is 20.6. The summed E-state index contributed by atoms with van der Waals surface area (Å²) in [7, 11) is 2.86. The third-order valence-corrected chi connectivity index (χ3v) is 4.37. The molecule has 0 bridgehead atoms. The monoisotopic (exact) mass is 399 g/mol. The number of carbonyl (C=O) groups excluding carboxylic acids is 1. The smallest absolute Gasteiger partial charge is 0.231 e. The second kappa shape index (κ2) is 7.49. The Kier molecular flexibility index (Phi) is 5.26. The van der Waals surface area contributed by atoms with Crippen molar-refractivity contribution in [1.29, 1.82) is 0 Å². The number of amides is 1. The van der Waals surface area contributed by atoms with Crippen LogP contribution in [0.25, 0.3) is 6.08 Å². The van der Waals surface area contributed by atoms with E-state index in [2.05, 4.69) is 0 Å². The molecule has 0 atom stereocenters. The molecule has 2 aromatic rings. The number of ether oxygens (including phenoxy) is 2. The zero-order valence-electron chi connectivity index (χ0n) is 14.8. The lowest BCUT2D eigenvalue weighted by Gasteiger charge is -2.18. The van der Waals surface area contributed by atoms with Gasteiger partial charge in [-0.05, 0) is 29.3 Å². The maximum absolute atomic E-state index is 13.9. The van der Waals surface area contributed by atoms with E-state index >= 15 is 0 Å². The SMILES string of the molecule is COc1cc2c(cc1OC)CC(=O)N(Cc1c(F)c(F)c(F)c(F)c1F)C=C2. The molecule has 0 saturated carbocycles. The van der Waals surface area contributed by atoms with Crippen LogP contribution in [-0.2, 0) is 17.8 Å². The fourth-order valence-electron chi connectivity index (χ4n) is 2.86. The predicted octanol–water partition coefficient (Wildman–Crippen LogP) is 3.95. The van der Waals surface area contributed by atoms with Crippen LogP contribution in [0, 0.1) is 29.1 Å². The van der Waals surface area contributed by atoms with E-state index in [1.54, 1.807) is 12.1 Å². The third kappa shape index (κ3) is 3.28. The van der Waals surface area contributed by atoms with Crippen LogP contribution >= 0.6 is 0 Å². The highest BCUT2D eigenvalue weighted by atomic mass is 19.2. The Labute approximate surface area is 156 Å². The number of hydrogen-bond acceptors (Lipinski definition) is 3. The predicted molar refractivity (Wildman–Crippen MR) is 89.1 cm³/mol. The van der Waals surface area contributed by atoms with Crippen molar-refractivity contribution in [2.75, 3.05) is 14.2 Å². The van der Waals surface area contributed by atoms with Gasteiger partial charge in [0.1, 0.15) is 0 Å². The molecule has 0 aliphatic carbocycles. The minimum Gasteiger partial charge on any atom is -0.493 e. The zero-order valence-corrected chi connectivity index (χ0v) is 14.8. The summed E-state index contributed by atoms with van der Waals surface area (Å²) in [5, 5.41) is 0. The minimum absolute atomic E-state index is 0.169. The van der Waals surface area contributed by atoms with Gasteiger partial charge in [0.05, 0.1) is 27.2 Å². The molecule has 0 saturated heterocycles. The van der Waals surface area contributed by atoms with Crippen molar-refractivity contribution >= 4 is 12.0 Å². The second-order valence-electron chi connectivity index (χ2n) is 5.97. The summed E-state index contributed by atoms with van der Waals surface area (Å²) in [6, 6.07) is 3.19. The lowest BCUT2D eigenvalue weighted by molar-refractivity contribution is -0.128. The van der Waals surface area contributed by atoms with Crippen molar-refractivity contribution in [2.24, 2.45) is 0 Å².